The van der Waals surface area contributed by atoms with Crippen molar-refractivity contribution in [2.75, 3.05) is 18.0 Å². The Morgan fingerprint density at radius 1 is 1.08 bits per heavy atom. The van der Waals surface area contributed by atoms with E-state index in [1.807, 2.05) is 18.5 Å². The first-order chi connectivity index (χ1) is 11.7. The summed E-state index contributed by atoms with van der Waals surface area (Å²) in [5.74, 6) is 1.74. The summed E-state index contributed by atoms with van der Waals surface area (Å²) in [5, 5.41) is 3.66. The average molecular weight is 324 g/mol. The van der Waals surface area contributed by atoms with Crippen molar-refractivity contribution in [3.05, 3.63) is 54.0 Å². The van der Waals surface area contributed by atoms with Crippen LogP contribution in [0.25, 0.3) is 0 Å². The van der Waals surface area contributed by atoms with Crippen LogP contribution in [0.1, 0.15) is 50.4 Å². The van der Waals surface area contributed by atoms with Crippen LogP contribution in [-0.4, -0.2) is 23.1 Å². The molecule has 1 saturated heterocycles. The summed E-state index contributed by atoms with van der Waals surface area (Å²) in [4.78, 5) is 11.5. The Morgan fingerprint density at radius 2 is 1.92 bits per heavy atom. The molecule has 0 spiro atoms. The Hall–Kier alpha value is -1.94. The van der Waals surface area contributed by atoms with Gasteiger partial charge in [0.25, 0.3) is 0 Å². The molecule has 1 aliphatic rings. The molecule has 0 unspecified atom stereocenters. The third-order valence-electron chi connectivity index (χ3n) is 4.54. The molecule has 1 atom stereocenters. The van der Waals surface area contributed by atoms with Gasteiger partial charge in [-0.25, -0.2) is 4.98 Å². The second kappa shape index (κ2) is 8.25. The third kappa shape index (κ3) is 4.54. The Morgan fingerprint density at radius 3 is 2.54 bits per heavy atom. The van der Waals surface area contributed by atoms with E-state index in [1.165, 1.54) is 18.4 Å². The quantitative estimate of drug-likeness (QED) is 0.837. The fourth-order valence-corrected chi connectivity index (χ4v) is 3.26. The van der Waals surface area contributed by atoms with E-state index in [-0.39, 0.29) is 6.04 Å². The molecule has 2 aromatic rings. The molecule has 3 rings (SSSR count). The maximum absolute atomic E-state index is 4.64. The molecule has 3 heterocycles. The first kappa shape index (κ1) is 16.9. The standard InChI is InChI=1S/C20H28N4/c1-16(2)13-19(18-7-3-4-10-21-18)22-14-17-8-9-20(23-15-17)24-11-5-6-12-24/h3-4,7-10,15-16,19,22H,5-6,11-14H2,1-2H3/t19-/m0/s1. The van der Waals surface area contributed by atoms with E-state index in [4.69, 9.17) is 0 Å². The SMILES string of the molecule is CC(C)C[C@H](NCc1ccc(N2CCCC2)nc1)c1ccccn1. The van der Waals surface area contributed by atoms with Crippen molar-refractivity contribution < 1.29 is 0 Å². The molecule has 2 aromatic heterocycles. The Labute approximate surface area is 145 Å². The molecule has 0 radical (unpaired) electrons. The number of hydrogen-bond acceptors (Lipinski definition) is 4. The molecular weight excluding hydrogens is 296 g/mol. The Balaban J connectivity index is 1.61. The molecule has 4 nitrogen and oxygen atoms in total. The summed E-state index contributed by atoms with van der Waals surface area (Å²) in [6.07, 6.45) is 7.52. The van der Waals surface area contributed by atoms with Gasteiger partial charge < -0.3 is 10.2 Å². The molecule has 0 saturated carbocycles. The molecule has 24 heavy (non-hydrogen) atoms. The van der Waals surface area contributed by atoms with Gasteiger partial charge in [-0.05, 0) is 48.9 Å². The molecule has 1 fully saturated rings. The molecule has 0 amide bonds. The normalized spacial score (nSPS) is 15.9. The summed E-state index contributed by atoms with van der Waals surface area (Å²) in [5.41, 5.74) is 2.34. The van der Waals surface area contributed by atoms with Gasteiger partial charge in [-0.2, -0.15) is 0 Å². The van der Waals surface area contributed by atoms with E-state index >= 15 is 0 Å². The number of nitrogens with one attached hydrogen (secondary N) is 1. The molecule has 128 valence electrons. The van der Waals surface area contributed by atoms with Crippen LogP contribution in [0.2, 0.25) is 0 Å². The van der Waals surface area contributed by atoms with Gasteiger partial charge >= 0.3 is 0 Å². The molecule has 4 heteroatoms. The lowest BCUT2D eigenvalue weighted by Gasteiger charge is -2.21. The van der Waals surface area contributed by atoms with E-state index in [2.05, 4.69) is 58.3 Å². The molecule has 0 aliphatic carbocycles. The lowest BCUT2D eigenvalue weighted by molar-refractivity contribution is 0.421. The van der Waals surface area contributed by atoms with Crippen LogP contribution in [0.5, 0.6) is 0 Å². The highest BCUT2D eigenvalue weighted by atomic mass is 15.2. The highest BCUT2D eigenvalue weighted by molar-refractivity contribution is 5.40. The van der Waals surface area contributed by atoms with Gasteiger partial charge in [-0.1, -0.05) is 26.0 Å². The van der Waals surface area contributed by atoms with Gasteiger partial charge in [0.15, 0.2) is 0 Å². The van der Waals surface area contributed by atoms with Crippen LogP contribution in [0.3, 0.4) is 0 Å². The van der Waals surface area contributed by atoms with Crippen LogP contribution in [0.15, 0.2) is 42.7 Å². The lowest BCUT2D eigenvalue weighted by Crippen LogP contribution is -2.23. The number of aromatic nitrogens is 2. The minimum absolute atomic E-state index is 0.282. The second-order valence-electron chi connectivity index (χ2n) is 7.04. The summed E-state index contributed by atoms with van der Waals surface area (Å²) in [6.45, 7) is 7.61. The Bertz CT molecular complexity index is 603. The fourth-order valence-electron chi connectivity index (χ4n) is 3.26. The van der Waals surface area contributed by atoms with E-state index in [0.717, 1.165) is 37.6 Å². The summed E-state index contributed by atoms with van der Waals surface area (Å²) in [7, 11) is 0. The molecule has 0 aromatic carbocycles. The van der Waals surface area contributed by atoms with Crippen molar-refractivity contribution in [3.63, 3.8) is 0 Å². The van der Waals surface area contributed by atoms with Gasteiger partial charge in [0.05, 0.1) is 5.69 Å². The molecule has 0 bridgehead atoms. The van der Waals surface area contributed by atoms with Gasteiger partial charge in [0, 0.05) is 38.1 Å². The van der Waals surface area contributed by atoms with Crippen LogP contribution >= 0.6 is 0 Å². The zero-order valence-electron chi connectivity index (χ0n) is 14.8. The van der Waals surface area contributed by atoms with Gasteiger partial charge in [0.2, 0.25) is 0 Å². The zero-order chi connectivity index (χ0) is 16.8. The van der Waals surface area contributed by atoms with Crippen molar-refractivity contribution in [3.8, 4) is 0 Å². The summed E-state index contributed by atoms with van der Waals surface area (Å²) < 4.78 is 0. The van der Waals surface area contributed by atoms with Crippen molar-refractivity contribution in [1.82, 2.24) is 15.3 Å². The van der Waals surface area contributed by atoms with Gasteiger partial charge in [0.1, 0.15) is 5.82 Å². The minimum Gasteiger partial charge on any atom is -0.357 e. The maximum Gasteiger partial charge on any atom is 0.128 e. The zero-order valence-corrected chi connectivity index (χ0v) is 14.8. The van der Waals surface area contributed by atoms with E-state index < -0.39 is 0 Å². The number of pyridine rings is 2. The third-order valence-corrected chi connectivity index (χ3v) is 4.54. The second-order valence-corrected chi connectivity index (χ2v) is 7.04. The lowest BCUT2D eigenvalue weighted by atomic mass is 10.0. The molecule has 1 aliphatic heterocycles. The minimum atomic E-state index is 0.282. The van der Waals surface area contributed by atoms with E-state index in [1.54, 1.807) is 0 Å². The van der Waals surface area contributed by atoms with Crippen LogP contribution in [-0.2, 0) is 6.54 Å². The van der Waals surface area contributed by atoms with E-state index in [9.17, 15) is 0 Å². The number of hydrogen-bond donors (Lipinski definition) is 1. The highest BCUT2D eigenvalue weighted by Gasteiger charge is 2.15. The van der Waals surface area contributed by atoms with Crippen LogP contribution in [0.4, 0.5) is 5.82 Å². The number of anilines is 1. The summed E-state index contributed by atoms with van der Waals surface area (Å²) >= 11 is 0. The first-order valence-corrected chi connectivity index (χ1v) is 9.06. The van der Waals surface area contributed by atoms with Gasteiger partial charge in [-0.3, -0.25) is 4.98 Å². The van der Waals surface area contributed by atoms with Crippen LogP contribution in [0, 0.1) is 5.92 Å². The largest absolute Gasteiger partial charge is 0.357 e. The number of nitrogens with zero attached hydrogens (tertiary/aromatic N) is 3. The fraction of sp³-hybridized carbons (Fsp3) is 0.500. The van der Waals surface area contributed by atoms with Crippen LogP contribution < -0.4 is 10.2 Å². The predicted octanol–water partition coefficient (Wildman–Crippen LogP) is 3.95. The highest BCUT2D eigenvalue weighted by Crippen LogP contribution is 2.21. The predicted molar refractivity (Wildman–Crippen MR) is 99.0 cm³/mol. The topological polar surface area (TPSA) is 41.0 Å². The van der Waals surface area contributed by atoms with E-state index in [0.29, 0.717) is 5.92 Å². The Kier molecular flexibility index (Phi) is 5.81. The number of rotatable bonds is 7. The van der Waals surface area contributed by atoms with Crippen molar-refractivity contribution in [2.24, 2.45) is 5.92 Å². The maximum atomic E-state index is 4.64. The first-order valence-electron chi connectivity index (χ1n) is 9.06. The van der Waals surface area contributed by atoms with Gasteiger partial charge in [-0.15, -0.1) is 0 Å². The van der Waals surface area contributed by atoms with Crippen molar-refractivity contribution >= 4 is 5.82 Å². The summed E-state index contributed by atoms with van der Waals surface area (Å²) in [6, 6.07) is 10.8. The molecule has 1 N–H and O–H groups in total. The average Bonchev–Trinajstić information content (AvgIpc) is 3.14. The van der Waals surface area contributed by atoms with Crippen molar-refractivity contribution in [1.29, 1.82) is 0 Å². The molecular formula is C20H28N4. The monoisotopic (exact) mass is 324 g/mol. The smallest absolute Gasteiger partial charge is 0.128 e. The van der Waals surface area contributed by atoms with Crippen molar-refractivity contribution in [2.45, 2.75) is 45.7 Å².